The Labute approximate surface area is 123 Å². The summed E-state index contributed by atoms with van der Waals surface area (Å²) in [7, 11) is 0. The van der Waals surface area contributed by atoms with Gasteiger partial charge in [-0.2, -0.15) is 11.3 Å². The highest BCUT2D eigenvalue weighted by Gasteiger charge is 2.11. The van der Waals surface area contributed by atoms with Crippen molar-refractivity contribution in [3.63, 3.8) is 0 Å². The maximum absolute atomic E-state index is 12.8. The molecule has 0 fully saturated rings. The largest absolute Gasteiger partial charge is 0.452 e. The highest BCUT2D eigenvalue weighted by atomic mass is 35.5. The Bertz CT molecular complexity index is 631. The zero-order valence-electron chi connectivity index (χ0n) is 10.1. The molecular formula is C13H9ClFNO3S. The van der Waals surface area contributed by atoms with E-state index < -0.39 is 24.3 Å². The van der Waals surface area contributed by atoms with E-state index in [0.717, 1.165) is 6.07 Å². The van der Waals surface area contributed by atoms with E-state index >= 15 is 0 Å². The van der Waals surface area contributed by atoms with E-state index in [9.17, 15) is 14.0 Å². The molecule has 104 valence electrons. The summed E-state index contributed by atoms with van der Waals surface area (Å²) in [6.07, 6.45) is 0. The minimum absolute atomic E-state index is 0.0718. The lowest BCUT2D eigenvalue weighted by atomic mass is 10.3. The Hall–Kier alpha value is -1.92. The van der Waals surface area contributed by atoms with Gasteiger partial charge in [-0.25, -0.2) is 9.18 Å². The number of esters is 1. The molecule has 0 unspecified atom stereocenters. The summed E-state index contributed by atoms with van der Waals surface area (Å²) in [5.41, 5.74) is 0.646. The number of nitrogens with one attached hydrogen (secondary N) is 1. The maximum Gasteiger partial charge on any atom is 0.339 e. The van der Waals surface area contributed by atoms with Gasteiger partial charge in [-0.15, -0.1) is 0 Å². The summed E-state index contributed by atoms with van der Waals surface area (Å²) in [5, 5.41) is 5.85. The molecule has 4 nitrogen and oxygen atoms in total. The van der Waals surface area contributed by atoms with Crippen LogP contribution < -0.4 is 5.32 Å². The van der Waals surface area contributed by atoms with E-state index in [-0.39, 0.29) is 10.7 Å². The van der Waals surface area contributed by atoms with Gasteiger partial charge in [0.15, 0.2) is 6.61 Å². The van der Waals surface area contributed by atoms with Crippen molar-refractivity contribution in [3.8, 4) is 0 Å². The topological polar surface area (TPSA) is 55.4 Å². The highest BCUT2D eigenvalue weighted by Crippen LogP contribution is 2.22. The molecule has 1 aromatic heterocycles. The molecule has 7 heteroatoms. The molecule has 0 radical (unpaired) electrons. The van der Waals surface area contributed by atoms with Crippen LogP contribution in [-0.2, 0) is 9.53 Å². The van der Waals surface area contributed by atoms with E-state index in [1.165, 1.54) is 23.5 Å². The molecule has 1 heterocycles. The molecule has 1 N–H and O–H groups in total. The van der Waals surface area contributed by atoms with Crippen molar-refractivity contribution in [3.05, 3.63) is 51.4 Å². The number of carbonyl (C=O) groups is 2. The van der Waals surface area contributed by atoms with E-state index in [4.69, 9.17) is 16.3 Å². The summed E-state index contributed by atoms with van der Waals surface area (Å²) in [6, 6.07) is 5.17. The first-order chi connectivity index (χ1) is 9.56. The van der Waals surface area contributed by atoms with Crippen LogP contribution in [0.3, 0.4) is 0 Å². The fourth-order valence-electron chi connectivity index (χ4n) is 1.37. The number of ether oxygens (including phenoxy) is 1. The summed E-state index contributed by atoms with van der Waals surface area (Å²) in [5.74, 6) is -1.63. The first kappa shape index (κ1) is 14.5. The van der Waals surface area contributed by atoms with Crippen molar-refractivity contribution >= 4 is 40.5 Å². The van der Waals surface area contributed by atoms with Gasteiger partial charge in [0.05, 0.1) is 16.3 Å². The highest BCUT2D eigenvalue weighted by molar-refractivity contribution is 7.08. The Morgan fingerprint density at radius 2 is 2.15 bits per heavy atom. The average molecular weight is 314 g/mol. The van der Waals surface area contributed by atoms with Gasteiger partial charge in [0, 0.05) is 5.38 Å². The Balaban J connectivity index is 1.88. The van der Waals surface area contributed by atoms with Gasteiger partial charge in [0.2, 0.25) is 0 Å². The van der Waals surface area contributed by atoms with E-state index in [2.05, 4.69) is 5.32 Å². The van der Waals surface area contributed by atoms with E-state index in [1.54, 1.807) is 16.8 Å². The van der Waals surface area contributed by atoms with Crippen molar-refractivity contribution in [2.75, 3.05) is 11.9 Å². The van der Waals surface area contributed by atoms with Gasteiger partial charge in [-0.1, -0.05) is 11.6 Å². The van der Waals surface area contributed by atoms with Crippen molar-refractivity contribution in [1.82, 2.24) is 0 Å². The molecule has 0 saturated heterocycles. The normalized spacial score (nSPS) is 10.1. The minimum Gasteiger partial charge on any atom is -0.452 e. The van der Waals surface area contributed by atoms with Crippen molar-refractivity contribution in [2.45, 2.75) is 0 Å². The molecule has 0 bridgehead atoms. The number of halogens is 2. The molecule has 0 atom stereocenters. The van der Waals surface area contributed by atoms with E-state index in [0.29, 0.717) is 5.56 Å². The lowest BCUT2D eigenvalue weighted by Gasteiger charge is -2.07. The van der Waals surface area contributed by atoms with Crippen LogP contribution in [0, 0.1) is 5.82 Å². The Kier molecular flexibility index (Phi) is 4.70. The first-order valence-corrected chi connectivity index (χ1v) is 6.82. The summed E-state index contributed by atoms with van der Waals surface area (Å²) >= 11 is 7.11. The van der Waals surface area contributed by atoms with Crippen LogP contribution in [0.15, 0.2) is 35.0 Å². The third-order valence-electron chi connectivity index (χ3n) is 2.30. The molecule has 2 aromatic rings. The molecule has 2 rings (SSSR count). The molecule has 1 amide bonds. The van der Waals surface area contributed by atoms with Crippen LogP contribution in [0.1, 0.15) is 10.4 Å². The van der Waals surface area contributed by atoms with Crippen LogP contribution in [0.2, 0.25) is 5.02 Å². The number of hydrogen-bond donors (Lipinski definition) is 1. The second-order valence-electron chi connectivity index (χ2n) is 3.76. The summed E-state index contributed by atoms with van der Waals surface area (Å²) < 4.78 is 17.7. The first-order valence-electron chi connectivity index (χ1n) is 5.50. The molecule has 1 aromatic carbocycles. The van der Waals surface area contributed by atoms with Crippen LogP contribution in [0.5, 0.6) is 0 Å². The van der Waals surface area contributed by atoms with Crippen molar-refractivity contribution in [1.29, 1.82) is 0 Å². The van der Waals surface area contributed by atoms with Crippen molar-refractivity contribution < 1.29 is 18.7 Å². The maximum atomic E-state index is 12.8. The third-order valence-corrected chi connectivity index (χ3v) is 3.29. The summed E-state index contributed by atoms with van der Waals surface area (Å²) in [6.45, 7) is -0.442. The van der Waals surface area contributed by atoms with Crippen molar-refractivity contribution in [2.24, 2.45) is 0 Å². The lowest BCUT2D eigenvalue weighted by Crippen LogP contribution is -2.20. The second-order valence-corrected chi connectivity index (χ2v) is 4.95. The van der Waals surface area contributed by atoms with Gasteiger partial charge in [0.1, 0.15) is 5.82 Å². The van der Waals surface area contributed by atoms with Crippen LogP contribution in [0.4, 0.5) is 10.1 Å². The lowest BCUT2D eigenvalue weighted by molar-refractivity contribution is -0.119. The third kappa shape index (κ3) is 3.79. The molecule has 0 aliphatic rings. The fourth-order valence-corrected chi connectivity index (χ4v) is 2.21. The molecule has 0 spiro atoms. The molecule has 0 saturated carbocycles. The number of amides is 1. The minimum atomic E-state index is -0.577. The van der Waals surface area contributed by atoms with Gasteiger partial charge < -0.3 is 10.1 Å². The monoisotopic (exact) mass is 313 g/mol. The average Bonchev–Trinajstić information content (AvgIpc) is 2.93. The Morgan fingerprint density at radius 3 is 2.80 bits per heavy atom. The van der Waals surface area contributed by atoms with Crippen LogP contribution >= 0.6 is 22.9 Å². The molecule has 20 heavy (non-hydrogen) atoms. The SMILES string of the molecule is O=C(COC(=O)c1ccsc1)Nc1ccc(F)cc1Cl. The van der Waals surface area contributed by atoms with Crippen LogP contribution in [-0.4, -0.2) is 18.5 Å². The van der Waals surface area contributed by atoms with Gasteiger partial charge in [-0.05, 0) is 29.6 Å². The van der Waals surface area contributed by atoms with Crippen LogP contribution in [0.25, 0.3) is 0 Å². The molecule has 0 aliphatic carbocycles. The standard InChI is InChI=1S/C13H9ClFNO3S/c14-10-5-9(15)1-2-11(10)16-12(17)6-19-13(18)8-3-4-20-7-8/h1-5,7H,6H2,(H,16,17). The predicted octanol–water partition coefficient (Wildman–Crippen LogP) is 3.34. The predicted molar refractivity (Wildman–Crippen MR) is 74.6 cm³/mol. The number of anilines is 1. The number of rotatable bonds is 4. The van der Waals surface area contributed by atoms with Gasteiger partial charge in [-0.3, -0.25) is 4.79 Å². The summed E-state index contributed by atoms with van der Waals surface area (Å²) in [4.78, 5) is 23.1. The zero-order valence-corrected chi connectivity index (χ0v) is 11.6. The van der Waals surface area contributed by atoms with Gasteiger partial charge >= 0.3 is 5.97 Å². The number of hydrogen-bond acceptors (Lipinski definition) is 4. The molecular weight excluding hydrogens is 305 g/mol. The second kappa shape index (κ2) is 6.49. The Morgan fingerprint density at radius 1 is 1.35 bits per heavy atom. The molecule has 0 aliphatic heterocycles. The quantitative estimate of drug-likeness (QED) is 0.881. The van der Waals surface area contributed by atoms with Gasteiger partial charge in [0.25, 0.3) is 5.91 Å². The number of thiophene rings is 1. The fraction of sp³-hybridized carbons (Fsp3) is 0.0769. The number of benzene rings is 1. The smallest absolute Gasteiger partial charge is 0.339 e. The number of carbonyl (C=O) groups excluding carboxylic acids is 2. The van der Waals surface area contributed by atoms with E-state index in [1.807, 2.05) is 0 Å². The zero-order chi connectivity index (χ0) is 14.5.